The fourth-order valence-electron chi connectivity index (χ4n) is 2.65. The first-order valence-corrected chi connectivity index (χ1v) is 10.4. The lowest BCUT2D eigenvalue weighted by Crippen LogP contribution is -2.51. The van der Waals surface area contributed by atoms with Crippen LogP contribution in [0.5, 0.6) is 0 Å². The van der Waals surface area contributed by atoms with Crippen molar-refractivity contribution in [1.82, 2.24) is 9.80 Å². The first-order chi connectivity index (χ1) is 11.9. The Hall–Kier alpha value is -2.09. The molecule has 7 nitrogen and oxygen atoms in total. The zero-order valence-corrected chi connectivity index (χ0v) is 16.7. The maximum Gasteiger partial charge on any atom is 0.410 e. The number of hydrogen-bond donors (Lipinski definition) is 0. The molecule has 1 aliphatic rings. The van der Waals surface area contributed by atoms with Crippen LogP contribution in [0.25, 0.3) is 0 Å². The van der Waals surface area contributed by atoms with Crippen LogP contribution in [0.4, 0.5) is 4.79 Å². The van der Waals surface area contributed by atoms with E-state index in [1.807, 2.05) is 20.8 Å². The third-order valence-electron chi connectivity index (χ3n) is 4.09. The Bertz CT molecular complexity index is 803. The number of amides is 2. The van der Waals surface area contributed by atoms with Gasteiger partial charge in [-0.05, 0) is 45.4 Å². The average Bonchev–Trinajstić information content (AvgIpc) is 2.52. The molecule has 0 saturated carbocycles. The molecule has 0 radical (unpaired) electrons. The number of benzene rings is 1. The Balaban J connectivity index is 2.08. The summed E-state index contributed by atoms with van der Waals surface area (Å²) in [6.07, 6.45) is 0.728. The minimum absolute atomic E-state index is 0.124. The van der Waals surface area contributed by atoms with Crippen molar-refractivity contribution in [2.75, 3.05) is 32.4 Å². The van der Waals surface area contributed by atoms with Gasteiger partial charge >= 0.3 is 6.09 Å². The van der Waals surface area contributed by atoms with E-state index in [-0.39, 0.29) is 16.9 Å². The molecule has 0 spiro atoms. The summed E-state index contributed by atoms with van der Waals surface area (Å²) in [6, 6.07) is 4.57. The van der Waals surface area contributed by atoms with Crippen molar-refractivity contribution in [1.29, 1.82) is 0 Å². The molecule has 144 valence electrons. The van der Waals surface area contributed by atoms with Gasteiger partial charge in [-0.1, -0.05) is 6.07 Å². The molecule has 1 heterocycles. The number of piperazine rings is 1. The molecular formula is C18H26N2O5S. The fourth-order valence-corrected chi connectivity index (χ4v) is 3.30. The predicted molar refractivity (Wildman–Crippen MR) is 98.0 cm³/mol. The second kappa shape index (κ2) is 7.26. The monoisotopic (exact) mass is 382 g/mol. The zero-order chi connectivity index (χ0) is 19.7. The van der Waals surface area contributed by atoms with Crippen LogP contribution in [0.3, 0.4) is 0 Å². The maximum atomic E-state index is 12.8. The standard InChI is InChI=1S/C18H26N2O5S/c1-13-6-7-14(26(5,23)24)12-15(13)16(21)19-8-10-20(11-9-19)17(22)25-18(2,3)4/h6-7,12H,8-11H2,1-5H3. The number of rotatable bonds is 2. The van der Waals surface area contributed by atoms with Crippen LogP contribution in [0.1, 0.15) is 36.7 Å². The number of carbonyl (C=O) groups is 2. The van der Waals surface area contributed by atoms with Crippen LogP contribution in [-0.4, -0.2) is 68.3 Å². The third-order valence-corrected chi connectivity index (χ3v) is 5.20. The van der Waals surface area contributed by atoms with Crippen molar-refractivity contribution >= 4 is 21.8 Å². The summed E-state index contributed by atoms with van der Waals surface area (Å²) in [5.74, 6) is -0.225. The van der Waals surface area contributed by atoms with E-state index >= 15 is 0 Å². The van der Waals surface area contributed by atoms with E-state index in [2.05, 4.69) is 0 Å². The Morgan fingerprint density at radius 1 is 1.04 bits per heavy atom. The van der Waals surface area contributed by atoms with E-state index in [1.165, 1.54) is 12.1 Å². The van der Waals surface area contributed by atoms with E-state index in [4.69, 9.17) is 4.74 Å². The summed E-state index contributed by atoms with van der Waals surface area (Å²) < 4.78 is 28.8. The lowest BCUT2D eigenvalue weighted by Gasteiger charge is -2.35. The van der Waals surface area contributed by atoms with Crippen LogP contribution in [0.15, 0.2) is 23.1 Å². The van der Waals surface area contributed by atoms with Crippen LogP contribution in [-0.2, 0) is 14.6 Å². The average molecular weight is 382 g/mol. The second-order valence-corrected chi connectivity index (χ2v) is 9.52. The van der Waals surface area contributed by atoms with Crippen LogP contribution < -0.4 is 0 Å². The highest BCUT2D eigenvalue weighted by atomic mass is 32.2. The quantitative estimate of drug-likeness (QED) is 0.782. The molecule has 2 amide bonds. The lowest BCUT2D eigenvalue weighted by molar-refractivity contribution is 0.0140. The first kappa shape index (κ1) is 20.2. The van der Waals surface area contributed by atoms with Crippen molar-refractivity contribution in [3.63, 3.8) is 0 Å². The van der Waals surface area contributed by atoms with Crippen LogP contribution in [0.2, 0.25) is 0 Å². The summed E-state index contributed by atoms with van der Waals surface area (Å²) in [7, 11) is -3.38. The molecule has 1 aliphatic heterocycles. The fraction of sp³-hybridized carbons (Fsp3) is 0.556. The summed E-state index contributed by atoms with van der Waals surface area (Å²) >= 11 is 0. The van der Waals surface area contributed by atoms with E-state index < -0.39 is 15.4 Å². The van der Waals surface area contributed by atoms with Gasteiger partial charge in [0.2, 0.25) is 0 Å². The smallest absolute Gasteiger partial charge is 0.410 e. The molecular weight excluding hydrogens is 356 g/mol. The van der Waals surface area contributed by atoms with Gasteiger partial charge in [0.15, 0.2) is 9.84 Å². The van der Waals surface area contributed by atoms with E-state index in [0.717, 1.165) is 11.8 Å². The van der Waals surface area contributed by atoms with Gasteiger partial charge in [-0.15, -0.1) is 0 Å². The van der Waals surface area contributed by atoms with Crippen molar-refractivity contribution in [2.24, 2.45) is 0 Å². The van der Waals surface area contributed by atoms with Gasteiger partial charge in [-0.2, -0.15) is 0 Å². The van der Waals surface area contributed by atoms with Gasteiger partial charge in [0.25, 0.3) is 5.91 Å². The molecule has 1 aromatic carbocycles. The third kappa shape index (κ3) is 4.97. The Morgan fingerprint density at radius 2 is 1.58 bits per heavy atom. The Labute approximate surface area is 154 Å². The van der Waals surface area contributed by atoms with E-state index in [9.17, 15) is 18.0 Å². The molecule has 1 fully saturated rings. The zero-order valence-electron chi connectivity index (χ0n) is 15.9. The van der Waals surface area contributed by atoms with Crippen molar-refractivity contribution in [2.45, 2.75) is 38.2 Å². The highest BCUT2D eigenvalue weighted by Gasteiger charge is 2.28. The largest absolute Gasteiger partial charge is 0.444 e. The summed E-state index contributed by atoms with van der Waals surface area (Å²) in [5.41, 5.74) is 0.531. The van der Waals surface area contributed by atoms with Gasteiger partial charge in [-0.25, -0.2) is 13.2 Å². The molecule has 0 atom stereocenters. The number of carbonyl (C=O) groups excluding carboxylic acids is 2. The molecule has 0 N–H and O–H groups in total. The minimum atomic E-state index is -3.38. The molecule has 0 unspecified atom stereocenters. The Kier molecular flexibility index (Phi) is 5.65. The SMILES string of the molecule is Cc1ccc(S(C)(=O)=O)cc1C(=O)N1CCN(C(=O)OC(C)(C)C)CC1. The molecule has 26 heavy (non-hydrogen) atoms. The second-order valence-electron chi connectivity index (χ2n) is 7.51. The number of aryl methyl sites for hydroxylation is 1. The predicted octanol–water partition coefficient (Wildman–Crippen LogP) is 2.09. The summed E-state index contributed by atoms with van der Waals surface area (Å²) in [6.45, 7) is 8.71. The molecule has 2 rings (SSSR count). The molecule has 0 aromatic heterocycles. The van der Waals surface area contributed by atoms with Gasteiger partial charge in [0, 0.05) is 38.0 Å². The highest BCUT2D eigenvalue weighted by molar-refractivity contribution is 7.90. The molecule has 1 saturated heterocycles. The molecule has 0 aliphatic carbocycles. The Morgan fingerprint density at radius 3 is 2.08 bits per heavy atom. The van der Waals surface area contributed by atoms with Gasteiger partial charge in [-0.3, -0.25) is 4.79 Å². The van der Waals surface area contributed by atoms with Gasteiger partial charge in [0.05, 0.1) is 4.90 Å². The van der Waals surface area contributed by atoms with Crippen molar-refractivity contribution in [3.8, 4) is 0 Å². The van der Waals surface area contributed by atoms with Crippen LogP contribution in [0, 0.1) is 6.92 Å². The normalized spacial score (nSPS) is 15.7. The summed E-state index contributed by atoms with van der Waals surface area (Å²) in [5, 5.41) is 0. The number of hydrogen-bond acceptors (Lipinski definition) is 5. The first-order valence-electron chi connectivity index (χ1n) is 8.46. The highest BCUT2D eigenvalue weighted by Crippen LogP contribution is 2.19. The summed E-state index contributed by atoms with van der Waals surface area (Å²) in [4.78, 5) is 28.2. The minimum Gasteiger partial charge on any atom is -0.444 e. The molecule has 0 bridgehead atoms. The lowest BCUT2D eigenvalue weighted by atomic mass is 10.1. The maximum absolute atomic E-state index is 12.8. The topological polar surface area (TPSA) is 84.0 Å². The van der Waals surface area contributed by atoms with Gasteiger partial charge in [0.1, 0.15) is 5.60 Å². The van der Waals surface area contributed by atoms with E-state index in [1.54, 1.807) is 22.8 Å². The number of ether oxygens (including phenoxy) is 1. The molecule has 1 aromatic rings. The van der Waals surface area contributed by atoms with Crippen LogP contribution >= 0.6 is 0 Å². The number of nitrogens with zero attached hydrogens (tertiary/aromatic N) is 2. The van der Waals surface area contributed by atoms with E-state index in [0.29, 0.717) is 31.7 Å². The van der Waals surface area contributed by atoms with Crippen molar-refractivity contribution in [3.05, 3.63) is 29.3 Å². The molecule has 8 heteroatoms. The van der Waals surface area contributed by atoms with Crippen molar-refractivity contribution < 1.29 is 22.7 Å². The van der Waals surface area contributed by atoms with Gasteiger partial charge < -0.3 is 14.5 Å². The number of sulfone groups is 1.